The normalized spacial score (nSPS) is 12.0. The molecule has 0 bridgehead atoms. The van der Waals surface area contributed by atoms with Gasteiger partial charge in [0.2, 0.25) is 5.91 Å². The number of esters is 1. The number of allylic oxidation sites excluding steroid dienone is 1. The quantitative estimate of drug-likeness (QED) is 0.634. The van der Waals surface area contributed by atoms with Crippen molar-refractivity contribution in [1.29, 1.82) is 0 Å². The second-order valence-electron chi connectivity index (χ2n) is 4.15. The molecule has 7 heteroatoms. The van der Waals surface area contributed by atoms with E-state index < -0.39 is 23.7 Å². The largest absolute Gasteiger partial charge is 0.464 e. The SMILES string of the molecule is COC(=O)/C(=C\C(F)(F)F)N(Cc1ccccc1)C(C)=O. The monoisotopic (exact) mass is 301 g/mol. The van der Waals surface area contributed by atoms with Crippen molar-refractivity contribution in [3.8, 4) is 0 Å². The molecular weight excluding hydrogens is 287 g/mol. The summed E-state index contributed by atoms with van der Waals surface area (Å²) in [5.41, 5.74) is -0.258. The molecule has 0 aliphatic carbocycles. The van der Waals surface area contributed by atoms with Crippen LogP contribution in [0.4, 0.5) is 13.2 Å². The molecule has 1 aromatic rings. The van der Waals surface area contributed by atoms with Crippen LogP contribution in [0.25, 0.3) is 0 Å². The van der Waals surface area contributed by atoms with Crippen molar-refractivity contribution < 1.29 is 27.5 Å². The van der Waals surface area contributed by atoms with Gasteiger partial charge in [0, 0.05) is 6.92 Å². The number of nitrogens with zero attached hydrogens (tertiary/aromatic N) is 1. The summed E-state index contributed by atoms with van der Waals surface area (Å²) in [4.78, 5) is 23.9. The van der Waals surface area contributed by atoms with Crippen molar-refractivity contribution >= 4 is 11.9 Å². The Morgan fingerprint density at radius 1 is 1.24 bits per heavy atom. The van der Waals surface area contributed by atoms with Gasteiger partial charge in [-0.25, -0.2) is 4.79 Å². The average molecular weight is 301 g/mol. The molecule has 4 nitrogen and oxygen atoms in total. The fraction of sp³-hybridized carbons (Fsp3) is 0.286. The predicted octanol–water partition coefficient (Wildman–Crippen LogP) is 2.65. The molecule has 0 atom stereocenters. The third-order valence-corrected chi connectivity index (χ3v) is 2.55. The number of methoxy groups -OCH3 is 1. The van der Waals surface area contributed by atoms with E-state index in [0.29, 0.717) is 5.56 Å². The van der Waals surface area contributed by atoms with Crippen molar-refractivity contribution in [3.63, 3.8) is 0 Å². The summed E-state index contributed by atoms with van der Waals surface area (Å²) >= 11 is 0. The van der Waals surface area contributed by atoms with Crippen molar-refractivity contribution in [2.75, 3.05) is 7.11 Å². The molecule has 21 heavy (non-hydrogen) atoms. The molecule has 1 amide bonds. The lowest BCUT2D eigenvalue weighted by Crippen LogP contribution is -2.33. The number of hydrogen-bond acceptors (Lipinski definition) is 3. The molecular formula is C14H14F3NO3. The van der Waals surface area contributed by atoms with Crippen LogP contribution in [0.5, 0.6) is 0 Å². The molecule has 0 N–H and O–H groups in total. The summed E-state index contributed by atoms with van der Waals surface area (Å²) in [6.07, 6.45) is -4.98. The zero-order valence-corrected chi connectivity index (χ0v) is 11.5. The highest BCUT2D eigenvalue weighted by Gasteiger charge is 2.31. The number of benzene rings is 1. The first-order valence-electron chi connectivity index (χ1n) is 5.94. The van der Waals surface area contributed by atoms with Crippen LogP contribution in [-0.4, -0.2) is 30.1 Å². The minimum atomic E-state index is -4.74. The summed E-state index contributed by atoms with van der Waals surface area (Å²) < 4.78 is 42.0. The molecule has 0 saturated carbocycles. The maximum absolute atomic E-state index is 12.5. The van der Waals surface area contributed by atoms with Crippen LogP contribution in [0.2, 0.25) is 0 Å². The van der Waals surface area contributed by atoms with Crippen molar-refractivity contribution in [3.05, 3.63) is 47.7 Å². The number of rotatable bonds is 4. The molecule has 114 valence electrons. The third kappa shape index (κ3) is 5.29. The Bertz CT molecular complexity index is 538. The summed E-state index contributed by atoms with van der Waals surface area (Å²) in [7, 11) is 0.952. The summed E-state index contributed by atoms with van der Waals surface area (Å²) in [5.74, 6) is -1.92. The highest BCUT2D eigenvalue weighted by molar-refractivity contribution is 5.93. The van der Waals surface area contributed by atoms with Crippen LogP contribution in [0.3, 0.4) is 0 Å². The topological polar surface area (TPSA) is 46.6 Å². The Kier molecular flexibility index (Phi) is 5.52. The first-order valence-corrected chi connectivity index (χ1v) is 5.94. The zero-order chi connectivity index (χ0) is 16.0. The maximum Gasteiger partial charge on any atom is 0.412 e. The standard InChI is InChI=1S/C14H14F3NO3/c1-10(19)18(9-11-6-4-3-5-7-11)12(13(20)21-2)8-14(15,16)17/h3-8H,9H2,1-2H3/b12-8+. The van der Waals surface area contributed by atoms with Gasteiger partial charge in [-0.15, -0.1) is 0 Å². The van der Waals surface area contributed by atoms with Gasteiger partial charge in [-0.2, -0.15) is 13.2 Å². The number of amides is 1. The minimum Gasteiger partial charge on any atom is -0.464 e. The van der Waals surface area contributed by atoms with Gasteiger partial charge in [0.1, 0.15) is 5.70 Å². The van der Waals surface area contributed by atoms with Gasteiger partial charge in [0.05, 0.1) is 19.7 Å². The third-order valence-electron chi connectivity index (χ3n) is 2.55. The number of carbonyl (C=O) groups is 2. The molecule has 0 aliphatic heterocycles. The summed E-state index contributed by atoms with van der Waals surface area (Å²) in [6, 6.07) is 8.36. The molecule has 0 aromatic heterocycles. The molecule has 0 unspecified atom stereocenters. The summed E-state index contributed by atoms with van der Waals surface area (Å²) in [6.45, 7) is 0.920. The van der Waals surface area contributed by atoms with Gasteiger partial charge in [-0.1, -0.05) is 30.3 Å². The Balaban J connectivity index is 3.18. The molecule has 1 rings (SSSR count). The van der Waals surface area contributed by atoms with E-state index in [2.05, 4.69) is 4.74 Å². The van der Waals surface area contributed by atoms with Crippen LogP contribution in [0, 0.1) is 0 Å². The van der Waals surface area contributed by atoms with Gasteiger partial charge in [0.15, 0.2) is 0 Å². The van der Waals surface area contributed by atoms with Crippen LogP contribution in [-0.2, 0) is 20.9 Å². The Morgan fingerprint density at radius 2 is 1.81 bits per heavy atom. The van der Waals surface area contributed by atoms with E-state index in [0.717, 1.165) is 18.9 Å². The minimum absolute atomic E-state index is 0.160. The van der Waals surface area contributed by atoms with E-state index in [1.165, 1.54) is 0 Å². The van der Waals surface area contributed by atoms with Crippen LogP contribution < -0.4 is 0 Å². The fourth-order valence-corrected chi connectivity index (χ4v) is 1.64. The lowest BCUT2D eigenvalue weighted by atomic mass is 10.2. The van der Waals surface area contributed by atoms with Gasteiger partial charge < -0.3 is 9.64 Å². The van der Waals surface area contributed by atoms with E-state index in [1.54, 1.807) is 30.3 Å². The Hall–Kier alpha value is -2.31. The lowest BCUT2D eigenvalue weighted by Gasteiger charge is -2.23. The summed E-state index contributed by atoms with van der Waals surface area (Å²) in [5, 5.41) is 0. The fourth-order valence-electron chi connectivity index (χ4n) is 1.64. The van der Waals surface area contributed by atoms with Gasteiger partial charge in [-0.05, 0) is 5.56 Å². The molecule has 1 aromatic carbocycles. The van der Waals surface area contributed by atoms with Crippen LogP contribution >= 0.6 is 0 Å². The first kappa shape index (κ1) is 16.7. The number of ether oxygens (including phenoxy) is 1. The highest BCUT2D eigenvalue weighted by Crippen LogP contribution is 2.22. The number of hydrogen-bond donors (Lipinski definition) is 0. The molecule has 0 radical (unpaired) electrons. The Labute approximate surface area is 119 Å². The Morgan fingerprint density at radius 3 is 2.24 bits per heavy atom. The maximum atomic E-state index is 12.5. The van der Waals surface area contributed by atoms with Gasteiger partial charge in [-0.3, -0.25) is 4.79 Å². The predicted molar refractivity (Wildman–Crippen MR) is 68.8 cm³/mol. The number of carbonyl (C=O) groups excluding carboxylic acids is 2. The van der Waals surface area contributed by atoms with E-state index in [9.17, 15) is 22.8 Å². The molecule has 0 fully saturated rings. The van der Waals surface area contributed by atoms with Crippen LogP contribution in [0.1, 0.15) is 12.5 Å². The number of alkyl halides is 3. The molecule has 0 aliphatic rings. The van der Waals surface area contributed by atoms with Gasteiger partial charge >= 0.3 is 12.1 Å². The molecule has 0 saturated heterocycles. The smallest absolute Gasteiger partial charge is 0.412 e. The van der Waals surface area contributed by atoms with Gasteiger partial charge in [0.25, 0.3) is 0 Å². The van der Waals surface area contributed by atoms with E-state index in [4.69, 9.17) is 0 Å². The van der Waals surface area contributed by atoms with Crippen molar-refractivity contribution in [2.45, 2.75) is 19.6 Å². The first-order chi connectivity index (χ1) is 9.74. The van der Waals surface area contributed by atoms with E-state index in [1.807, 2.05) is 0 Å². The molecule has 0 heterocycles. The highest BCUT2D eigenvalue weighted by atomic mass is 19.4. The van der Waals surface area contributed by atoms with E-state index >= 15 is 0 Å². The number of halogens is 3. The molecule has 0 spiro atoms. The second-order valence-corrected chi connectivity index (χ2v) is 4.15. The van der Waals surface area contributed by atoms with Crippen molar-refractivity contribution in [2.24, 2.45) is 0 Å². The average Bonchev–Trinajstić information content (AvgIpc) is 2.41. The van der Waals surface area contributed by atoms with Crippen molar-refractivity contribution in [1.82, 2.24) is 4.90 Å². The second kappa shape index (κ2) is 6.92. The zero-order valence-electron chi connectivity index (χ0n) is 11.5. The van der Waals surface area contributed by atoms with E-state index in [-0.39, 0.29) is 12.6 Å². The lowest BCUT2D eigenvalue weighted by molar-refractivity contribution is -0.143. The van der Waals surface area contributed by atoms with Crippen LogP contribution in [0.15, 0.2) is 42.1 Å².